The highest BCUT2D eigenvalue weighted by atomic mass is 16.5. The topological polar surface area (TPSA) is 42.5 Å². The molecule has 0 aliphatic heterocycles. The molecule has 0 radical (unpaired) electrons. The van der Waals surface area contributed by atoms with Gasteiger partial charge >= 0.3 is 0 Å². The zero-order valence-electron chi connectivity index (χ0n) is 24.0. The fraction of sp³-hybridized carbons (Fsp3) is 0.0769. The van der Waals surface area contributed by atoms with E-state index in [-0.39, 0.29) is 0 Å². The second-order valence-electron chi connectivity index (χ2n) is 11.0. The van der Waals surface area contributed by atoms with E-state index in [0.717, 1.165) is 34.2 Å². The van der Waals surface area contributed by atoms with Gasteiger partial charge in [-0.15, -0.1) is 0 Å². The highest BCUT2D eigenvalue weighted by molar-refractivity contribution is 6.01. The fourth-order valence-corrected chi connectivity index (χ4v) is 7.07. The molecule has 0 unspecified atom stereocenters. The van der Waals surface area contributed by atoms with Crippen LogP contribution in [0.5, 0.6) is 11.5 Å². The van der Waals surface area contributed by atoms with E-state index in [2.05, 4.69) is 108 Å². The summed E-state index contributed by atoms with van der Waals surface area (Å²) in [7, 11) is 3.38. The van der Waals surface area contributed by atoms with Gasteiger partial charge in [-0.1, -0.05) is 78.9 Å². The summed E-state index contributed by atoms with van der Waals surface area (Å²) in [6, 6.07) is 47.3. The van der Waals surface area contributed by atoms with Gasteiger partial charge in [-0.3, -0.25) is 0 Å². The van der Waals surface area contributed by atoms with Crippen molar-refractivity contribution in [3.63, 3.8) is 0 Å². The molecule has 0 heterocycles. The van der Waals surface area contributed by atoms with Gasteiger partial charge in [0.15, 0.2) is 0 Å². The van der Waals surface area contributed by atoms with Gasteiger partial charge in [0.1, 0.15) is 11.5 Å². The number of rotatable bonds is 6. The summed E-state index contributed by atoms with van der Waals surface area (Å²) in [6.07, 6.45) is 0. The van der Waals surface area contributed by atoms with Crippen molar-refractivity contribution in [1.82, 2.24) is 0 Å². The molecular formula is C39H30N2O2. The Kier molecular flexibility index (Phi) is 5.76. The summed E-state index contributed by atoms with van der Waals surface area (Å²) in [5, 5.41) is 7.61. The van der Waals surface area contributed by atoms with Crippen molar-refractivity contribution >= 4 is 22.7 Å². The van der Waals surface area contributed by atoms with Crippen molar-refractivity contribution < 1.29 is 9.47 Å². The molecule has 0 saturated carbocycles. The van der Waals surface area contributed by atoms with Crippen LogP contribution in [0.25, 0.3) is 22.3 Å². The zero-order valence-corrected chi connectivity index (χ0v) is 24.0. The Morgan fingerprint density at radius 2 is 0.884 bits per heavy atom. The van der Waals surface area contributed by atoms with Gasteiger partial charge in [0.05, 0.1) is 31.0 Å². The molecule has 0 amide bonds. The van der Waals surface area contributed by atoms with Crippen LogP contribution < -0.4 is 20.1 Å². The maximum Gasteiger partial charge on any atom is 0.119 e. The first-order valence-corrected chi connectivity index (χ1v) is 14.5. The smallest absolute Gasteiger partial charge is 0.119 e. The van der Waals surface area contributed by atoms with Crippen molar-refractivity contribution in [2.75, 3.05) is 24.9 Å². The third-order valence-electron chi connectivity index (χ3n) is 8.88. The van der Waals surface area contributed by atoms with E-state index in [0.29, 0.717) is 0 Å². The van der Waals surface area contributed by atoms with Crippen molar-refractivity contribution in [2.24, 2.45) is 0 Å². The second-order valence-corrected chi connectivity index (χ2v) is 11.0. The number of methoxy groups -OCH3 is 2. The molecule has 1 spiro atoms. The lowest BCUT2D eigenvalue weighted by atomic mass is 9.70. The maximum absolute atomic E-state index is 5.46. The summed E-state index contributed by atoms with van der Waals surface area (Å²) in [6.45, 7) is 0. The number of ether oxygens (including phenoxy) is 2. The highest BCUT2D eigenvalue weighted by Gasteiger charge is 2.53. The van der Waals surface area contributed by atoms with E-state index in [9.17, 15) is 0 Å². The molecule has 2 N–H and O–H groups in total. The highest BCUT2D eigenvalue weighted by Crippen LogP contribution is 2.65. The van der Waals surface area contributed by atoms with Gasteiger partial charge in [0, 0.05) is 16.9 Å². The van der Waals surface area contributed by atoms with Crippen LogP contribution >= 0.6 is 0 Å². The lowest BCUT2D eigenvalue weighted by Crippen LogP contribution is -2.27. The van der Waals surface area contributed by atoms with Crippen molar-refractivity contribution in [3.8, 4) is 33.8 Å². The van der Waals surface area contributed by atoms with Crippen LogP contribution in [0.15, 0.2) is 133 Å². The standard InChI is InChI=1S/C39H30N2O2/c1-42-27-19-15-25(16-20-27)40-36-24-23-32-31-11-5-8-14-35(31)39(37(32)38(36)41-26-17-21-28(43-2)22-18-26)33-12-6-3-9-29(33)30-10-4-7-13-34(30)39/h3-24,40-41H,1-2H3. The summed E-state index contributed by atoms with van der Waals surface area (Å²) in [5.41, 5.74) is 13.8. The Bertz CT molecular complexity index is 1930. The van der Waals surface area contributed by atoms with E-state index in [1.807, 2.05) is 36.4 Å². The summed E-state index contributed by atoms with van der Waals surface area (Å²) in [4.78, 5) is 0. The van der Waals surface area contributed by atoms with Crippen molar-refractivity contribution in [1.29, 1.82) is 0 Å². The molecule has 4 nitrogen and oxygen atoms in total. The third kappa shape index (κ3) is 3.70. The number of hydrogen-bond donors (Lipinski definition) is 2. The van der Waals surface area contributed by atoms with Crippen LogP contribution in [0.3, 0.4) is 0 Å². The molecule has 6 aromatic rings. The van der Waals surface area contributed by atoms with Crippen LogP contribution in [-0.2, 0) is 5.41 Å². The number of nitrogens with one attached hydrogen (secondary N) is 2. The van der Waals surface area contributed by atoms with Crippen LogP contribution in [0.2, 0.25) is 0 Å². The van der Waals surface area contributed by atoms with E-state index in [4.69, 9.17) is 9.47 Å². The van der Waals surface area contributed by atoms with E-state index < -0.39 is 5.41 Å². The average molecular weight is 559 g/mol. The largest absolute Gasteiger partial charge is 0.497 e. The summed E-state index contributed by atoms with van der Waals surface area (Å²) < 4.78 is 10.9. The van der Waals surface area contributed by atoms with Crippen molar-refractivity contribution in [3.05, 3.63) is 156 Å². The van der Waals surface area contributed by atoms with E-state index in [1.165, 1.54) is 44.5 Å². The molecule has 4 heteroatoms. The summed E-state index contributed by atoms with van der Waals surface area (Å²) >= 11 is 0. The van der Waals surface area contributed by atoms with Crippen LogP contribution in [0, 0.1) is 0 Å². The SMILES string of the molecule is COc1ccc(Nc2ccc3c(c2Nc2ccc(OC)cc2)C2(c4ccccc4-c4ccccc42)c2ccccc2-3)cc1. The molecular weight excluding hydrogens is 528 g/mol. The van der Waals surface area contributed by atoms with E-state index in [1.54, 1.807) is 14.2 Å². The second kappa shape index (κ2) is 9.81. The van der Waals surface area contributed by atoms with Gasteiger partial charge in [0.25, 0.3) is 0 Å². The van der Waals surface area contributed by atoms with Gasteiger partial charge in [0.2, 0.25) is 0 Å². The average Bonchev–Trinajstić information content (AvgIpc) is 3.54. The minimum atomic E-state index is -0.481. The minimum Gasteiger partial charge on any atom is -0.497 e. The van der Waals surface area contributed by atoms with Gasteiger partial charge < -0.3 is 20.1 Å². The molecule has 6 aromatic carbocycles. The van der Waals surface area contributed by atoms with Crippen LogP contribution in [-0.4, -0.2) is 14.2 Å². The third-order valence-corrected chi connectivity index (χ3v) is 8.88. The first-order valence-electron chi connectivity index (χ1n) is 14.5. The zero-order chi connectivity index (χ0) is 29.0. The Morgan fingerprint density at radius 1 is 0.442 bits per heavy atom. The maximum atomic E-state index is 5.46. The van der Waals surface area contributed by atoms with Crippen molar-refractivity contribution in [2.45, 2.75) is 5.41 Å². The molecule has 43 heavy (non-hydrogen) atoms. The Morgan fingerprint density at radius 3 is 1.37 bits per heavy atom. The number of anilines is 4. The van der Waals surface area contributed by atoms with Gasteiger partial charge in [-0.25, -0.2) is 0 Å². The minimum absolute atomic E-state index is 0.481. The molecule has 0 atom stereocenters. The number of benzene rings is 6. The van der Waals surface area contributed by atoms with Crippen LogP contribution in [0.1, 0.15) is 22.3 Å². The molecule has 8 rings (SSSR count). The molecule has 0 fully saturated rings. The number of hydrogen-bond acceptors (Lipinski definition) is 4. The van der Waals surface area contributed by atoms with Gasteiger partial charge in [-0.05, 0) is 93.5 Å². The lowest BCUT2D eigenvalue weighted by molar-refractivity contribution is 0.415. The molecule has 0 bridgehead atoms. The molecule has 0 saturated heterocycles. The predicted octanol–water partition coefficient (Wildman–Crippen LogP) is 9.53. The first kappa shape index (κ1) is 25.2. The molecule has 0 aromatic heterocycles. The van der Waals surface area contributed by atoms with Crippen LogP contribution in [0.4, 0.5) is 22.7 Å². The Labute approximate surface area is 251 Å². The lowest BCUT2D eigenvalue weighted by Gasteiger charge is -2.33. The quantitative estimate of drug-likeness (QED) is 0.213. The Balaban J connectivity index is 1.43. The molecule has 208 valence electrons. The Hall–Kier alpha value is -5.48. The normalized spacial score (nSPS) is 13.1. The molecule has 2 aliphatic rings. The first-order chi connectivity index (χ1) is 21.2. The van der Waals surface area contributed by atoms with E-state index >= 15 is 0 Å². The molecule has 2 aliphatic carbocycles. The predicted molar refractivity (Wildman–Crippen MR) is 175 cm³/mol. The monoisotopic (exact) mass is 558 g/mol. The fourth-order valence-electron chi connectivity index (χ4n) is 7.07. The van der Waals surface area contributed by atoms with Gasteiger partial charge in [-0.2, -0.15) is 0 Å². The summed E-state index contributed by atoms with van der Waals surface area (Å²) in [5.74, 6) is 1.65. The number of fused-ring (bicyclic) bond motifs is 10.